The van der Waals surface area contributed by atoms with Gasteiger partial charge in [-0.1, -0.05) is 30.3 Å². The van der Waals surface area contributed by atoms with Gasteiger partial charge in [-0.25, -0.2) is 0 Å². The summed E-state index contributed by atoms with van der Waals surface area (Å²) in [5.41, 5.74) is 2.54. The fraction of sp³-hybridized carbons (Fsp3) is 0.250. The van der Waals surface area contributed by atoms with Gasteiger partial charge in [-0.05, 0) is 42.2 Å². The highest BCUT2D eigenvalue weighted by molar-refractivity contribution is 5.97. The van der Waals surface area contributed by atoms with Gasteiger partial charge in [0.2, 0.25) is 0 Å². The zero-order valence-corrected chi connectivity index (χ0v) is 13.6. The van der Waals surface area contributed by atoms with E-state index in [-0.39, 0.29) is 18.0 Å². The molecule has 3 heterocycles. The van der Waals surface area contributed by atoms with Crippen molar-refractivity contribution >= 4 is 17.4 Å². The van der Waals surface area contributed by atoms with E-state index in [0.717, 1.165) is 11.1 Å². The molecule has 126 valence electrons. The number of carbonyl (C=O) groups is 2. The number of carbonyl (C=O) groups excluding carboxylic acids is 1. The molecule has 0 spiro atoms. The van der Waals surface area contributed by atoms with Crippen molar-refractivity contribution in [3.63, 3.8) is 0 Å². The molecule has 4 rings (SSSR count). The van der Waals surface area contributed by atoms with Crippen LogP contribution in [0.25, 0.3) is 5.57 Å². The molecule has 1 N–H and O–H groups in total. The SMILES string of the molecule is O=C(O)[C@H]1C[C@H]2C(c3cccnc3)=CC[C@H]1N2C(=O)c1ccccc1. The number of fused-ring (bicyclic) bond motifs is 2. The number of carboxylic acid groups (broad SMARTS) is 1. The molecule has 2 aliphatic heterocycles. The van der Waals surface area contributed by atoms with E-state index in [9.17, 15) is 14.7 Å². The molecule has 0 aliphatic carbocycles. The van der Waals surface area contributed by atoms with Crippen molar-refractivity contribution in [1.29, 1.82) is 0 Å². The number of hydrogen-bond acceptors (Lipinski definition) is 3. The summed E-state index contributed by atoms with van der Waals surface area (Å²) in [4.78, 5) is 30.8. The van der Waals surface area contributed by atoms with Crippen LogP contribution in [-0.2, 0) is 4.79 Å². The Morgan fingerprint density at radius 2 is 1.92 bits per heavy atom. The number of amides is 1. The Morgan fingerprint density at radius 1 is 1.12 bits per heavy atom. The van der Waals surface area contributed by atoms with Gasteiger partial charge in [0.25, 0.3) is 5.91 Å². The zero-order chi connectivity index (χ0) is 17.4. The molecule has 2 aromatic rings. The first-order valence-corrected chi connectivity index (χ1v) is 8.38. The lowest BCUT2D eigenvalue weighted by atomic mass is 9.94. The molecule has 1 fully saturated rings. The van der Waals surface area contributed by atoms with Crippen molar-refractivity contribution in [2.75, 3.05) is 0 Å². The largest absolute Gasteiger partial charge is 0.481 e. The number of nitrogens with zero attached hydrogens (tertiary/aromatic N) is 2. The minimum absolute atomic E-state index is 0.103. The van der Waals surface area contributed by atoms with Crippen LogP contribution in [0.2, 0.25) is 0 Å². The van der Waals surface area contributed by atoms with Crippen LogP contribution >= 0.6 is 0 Å². The summed E-state index contributed by atoms with van der Waals surface area (Å²) in [6.07, 6.45) is 6.54. The van der Waals surface area contributed by atoms with Crippen LogP contribution in [0.3, 0.4) is 0 Å². The fourth-order valence-corrected chi connectivity index (χ4v) is 4.01. The molecule has 1 amide bonds. The van der Waals surface area contributed by atoms with Crippen molar-refractivity contribution in [3.8, 4) is 0 Å². The smallest absolute Gasteiger partial charge is 0.308 e. The monoisotopic (exact) mass is 334 g/mol. The summed E-state index contributed by atoms with van der Waals surface area (Å²) in [5.74, 6) is -1.48. The Bertz CT molecular complexity index is 833. The number of aliphatic carboxylic acids is 1. The van der Waals surface area contributed by atoms with E-state index >= 15 is 0 Å². The predicted molar refractivity (Wildman–Crippen MR) is 92.8 cm³/mol. The lowest BCUT2D eigenvalue weighted by Gasteiger charge is -2.35. The van der Waals surface area contributed by atoms with E-state index in [1.165, 1.54) is 0 Å². The first-order valence-electron chi connectivity index (χ1n) is 8.38. The number of hydrogen-bond donors (Lipinski definition) is 1. The molecular formula is C20H18N2O3. The van der Waals surface area contributed by atoms with Crippen LogP contribution in [0.5, 0.6) is 0 Å². The lowest BCUT2D eigenvalue weighted by Crippen LogP contribution is -2.45. The third-order valence-electron chi connectivity index (χ3n) is 5.14. The van der Waals surface area contributed by atoms with Crippen molar-refractivity contribution in [2.45, 2.75) is 24.9 Å². The van der Waals surface area contributed by atoms with Crippen molar-refractivity contribution in [3.05, 3.63) is 72.1 Å². The molecule has 3 atom stereocenters. The summed E-state index contributed by atoms with van der Waals surface area (Å²) >= 11 is 0. The first-order chi connectivity index (χ1) is 12.2. The van der Waals surface area contributed by atoms with E-state index in [1.54, 1.807) is 29.4 Å². The molecule has 1 aromatic carbocycles. The molecule has 5 nitrogen and oxygen atoms in total. The molecule has 2 bridgehead atoms. The second-order valence-corrected chi connectivity index (χ2v) is 6.48. The second-order valence-electron chi connectivity index (χ2n) is 6.48. The number of carboxylic acids is 1. The quantitative estimate of drug-likeness (QED) is 0.937. The van der Waals surface area contributed by atoms with Crippen LogP contribution in [-0.4, -0.2) is 39.0 Å². The second kappa shape index (κ2) is 6.16. The molecular weight excluding hydrogens is 316 g/mol. The average Bonchev–Trinajstić information content (AvgIpc) is 2.92. The standard InChI is InChI=1S/C20H18N2O3/c23-19(13-5-2-1-3-6-13)22-17-9-8-15(14-7-4-10-21-12-14)18(22)11-16(17)20(24)25/h1-8,10,12,16-18H,9,11H2,(H,24,25)/t16-,17+,18-/m0/s1. The van der Waals surface area contributed by atoms with Gasteiger partial charge in [0, 0.05) is 24.0 Å². The highest BCUT2D eigenvalue weighted by Gasteiger charge is 2.50. The maximum Gasteiger partial charge on any atom is 0.308 e. The Labute approximate surface area is 145 Å². The average molecular weight is 334 g/mol. The molecule has 25 heavy (non-hydrogen) atoms. The highest BCUT2D eigenvalue weighted by Crippen LogP contribution is 2.44. The van der Waals surface area contributed by atoms with Gasteiger partial charge in [-0.3, -0.25) is 14.6 Å². The molecule has 1 aromatic heterocycles. The van der Waals surface area contributed by atoms with Gasteiger partial charge >= 0.3 is 5.97 Å². The van der Waals surface area contributed by atoms with Gasteiger partial charge in [-0.15, -0.1) is 0 Å². The van der Waals surface area contributed by atoms with E-state index in [2.05, 4.69) is 11.1 Å². The molecule has 1 saturated heterocycles. The van der Waals surface area contributed by atoms with E-state index in [4.69, 9.17) is 0 Å². The number of pyridine rings is 1. The summed E-state index contributed by atoms with van der Waals surface area (Å²) in [7, 11) is 0. The van der Waals surface area contributed by atoms with Crippen LogP contribution in [0, 0.1) is 5.92 Å². The van der Waals surface area contributed by atoms with Crippen LogP contribution < -0.4 is 0 Å². The van der Waals surface area contributed by atoms with Crippen LogP contribution in [0.15, 0.2) is 60.9 Å². The number of benzene rings is 1. The zero-order valence-electron chi connectivity index (χ0n) is 13.6. The van der Waals surface area contributed by atoms with Crippen LogP contribution in [0.1, 0.15) is 28.8 Å². The minimum Gasteiger partial charge on any atom is -0.481 e. The van der Waals surface area contributed by atoms with E-state index in [0.29, 0.717) is 18.4 Å². The molecule has 0 unspecified atom stereocenters. The summed E-state index contributed by atoms with van der Waals surface area (Å²) in [6.45, 7) is 0. The maximum absolute atomic E-state index is 13.1. The third kappa shape index (κ3) is 2.61. The normalized spacial score (nSPS) is 24.7. The summed E-state index contributed by atoms with van der Waals surface area (Å²) < 4.78 is 0. The fourth-order valence-electron chi connectivity index (χ4n) is 4.01. The molecule has 2 aliphatic rings. The van der Waals surface area contributed by atoms with E-state index < -0.39 is 11.9 Å². The molecule has 0 radical (unpaired) electrons. The van der Waals surface area contributed by atoms with Gasteiger partial charge in [0.05, 0.1) is 12.0 Å². The molecule has 5 heteroatoms. The number of aromatic nitrogens is 1. The summed E-state index contributed by atoms with van der Waals surface area (Å²) in [5, 5.41) is 9.61. The first kappa shape index (κ1) is 15.6. The van der Waals surface area contributed by atoms with E-state index in [1.807, 2.05) is 30.3 Å². The summed E-state index contributed by atoms with van der Waals surface area (Å²) in [6, 6.07) is 12.4. The Morgan fingerprint density at radius 3 is 2.60 bits per heavy atom. The van der Waals surface area contributed by atoms with Gasteiger partial charge in [-0.2, -0.15) is 0 Å². The predicted octanol–water partition coefficient (Wildman–Crippen LogP) is 2.85. The topological polar surface area (TPSA) is 70.5 Å². The van der Waals surface area contributed by atoms with Gasteiger partial charge in [0.1, 0.15) is 0 Å². The molecule has 0 saturated carbocycles. The maximum atomic E-state index is 13.1. The minimum atomic E-state index is -0.834. The Hall–Kier alpha value is -2.95. The third-order valence-corrected chi connectivity index (χ3v) is 5.14. The Kier molecular flexibility index (Phi) is 3.84. The van der Waals surface area contributed by atoms with Gasteiger partial charge in [0.15, 0.2) is 0 Å². The van der Waals surface area contributed by atoms with Gasteiger partial charge < -0.3 is 10.0 Å². The Balaban J connectivity index is 1.74. The van der Waals surface area contributed by atoms with Crippen LogP contribution in [0.4, 0.5) is 0 Å². The lowest BCUT2D eigenvalue weighted by molar-refractivity contribution is -0.142. The highest BCUT2D eigenvalue weighted by atomic mass is 16.4. The number of rotatable bonds is 3. The van der Waals surface area contributed by atoms with Crippen molar-refractivity contribution in [1.82, 2.24) is 9.88 Å². The van der Waals surface area contributed by atoms with Crippen molar-refractivity contribution in [2.24, 2.45) is 5.92 Å². The van der Waals surface area contributed by atoms with Crippen molar-refractivity contribution < 1.29 is 14.7 Å².